The van der Waals surface area contributed by atoms with Crippen molar-refractivity contribution in [3.8, 4) is 0 Å². The molecule has 1 aliphatic carbocycles. The molecule has 2 unspecified atom stereocenters. The van der Waals surface area contributed by atoms with Gasteiger partial charge in [-0.15, -0.1) is 0 Å². The zero-order chi connectivity index (χ0) is 11.8. The maximum absolute atomic E-state index is 6.43. The molecule has 1 aliphatic rings. The second-order valence-electron chi connectivity index (χ2n) is 4.73. The van der Waals surface area contributed by atoms with E-state index in [2.05, 4.69) is 28.7 Å². The quantitative estimate of drug-likeness (QED) is 0.881. The Morgan fingerprint density at radius 2 is 2.35 bits per heavy atom. The van der Waals surface area contributed by atoms with Crippen molar-refractivity contribution in [2.75, 3.05) is 0 Å². The smallest absolute Gasteiger partial charge is 0.0485 e. The van der Waals surface area contributed by atoms with Gasteiger partial charge in [0.15, 0.2) is 0 Å². The molecular weight excluding hydrogens is 228 g/mol. The van der Waals surface area contributed by atoms with Gasteiger partial charge >= 0.3 is 0 Å². The third-order valence-electron chi connectivity index (χ3n) is 3.69. The molecule has 0 saturated carbocycles. The van der Waals surface area contributed by atoms with Crippen molar-refractivity contribution in [1.82, 2.24) is 4.98 Å². The summed E-state index contributed by atoms with van der Waals surface area (Å²) < 4.78 is 0. The highest BCUT2D eigenvalue weighted by atomic mass is 32.1. The Bertz CT molecular complexity index is 533. The van der Waals surface area contributed by atoms with E-state index < -0.39 is 0 Å². The van der Waals surface area contributed by atoms with E-state index in [0.29, 0.717) is 5.92 Å². The SMILES string of the molecule is Cc1cscc1C(N)C1CCc2cccnc21. The number of hydrogen-bond donors (Lipinski definition) is 1. The van der Waals surface area contributed by atoms with Crippen LogP contribution in [0.15, 0.2) is 29.1 Å². The average molecular weight is 244 g/mol. The van der Waals surface area contributed by atoms with Gasteiger partial charge in [0.2, 0.25) is 0 Å². The summed E-state index contributed by atoms with van der Waals surface area (Å²) >= 11 is 1.73. The lowest BCUT2D eigenvalue weighted by Crippen LogP contribution is -2.19. The van der Waals surface area contributed by atoms with E-state index in [1.807, 2.05) is 12.3 Å². The van der Waals surface area contributed by atoms with Crippen molar-refractivity contribution in [2.45, 2.75) is 31.7 Å². The molecule has 2 atom stereocenters. The number of fused-ring (bicyclic) bond motifs is 1. The Kier molecular flexibility index (Phi) is 2.73. The van der Waals surface area contributed by atoms with Crippen LogP contribution in [-0.2, 0) is 6.42 Å². The predicted molar refractivity (Wildman–Crippen MR) is 71.3 cm³/mol. The Morgan fingerprint density at radius 3 is 3.12 bits per heavy atom. The number of rotatable bonds is 2. The van der Waals surface area contributed by atoms with Crippen LogP contribution in [0.5, 0.6) is 0 Å². The fourth-order valence-electron chi connectivity index (χ4n) is 2.72. The first kappa shape index (κ1) is 10.9. The van der Waals surface area contributed by atoms with Crippen LogP contribution in [-0.4, -0.2) is 4.98 Å². The van der Waals surface area contributed by atoms with Crippen LogP contribution in [0.2, 0.25) is 0 Å². The molecule has 2 heterocycles. The molecule has 3 heteroatoms. The largest absolute Gasteiger partial charge is 0.323 e. The summed E-state index contributed by atoms with van der Waals surface area (Å²) in [6.45, 7) is 2.14. The fraction of sp³-hybridized carbons (Fsp3) is 0.357. The first-order valence-corrected chi connectivity index (χ1v) is 6.93. The first-order chi connectivity index (χ1) is 8.27. The molecule has 0 saturated heterocycles. The monoisotopic (exact) mass is 244 g/mol. The Balaban J connectivity index is 1.95. The van der Waals surface area contributed by atoms with Crippen molar-refractivity contribution >= 4 is 11.3 Å². The van der Waals surface area contributed by atoms with Crippen LogP contribution >= 0.6 is 11.3 Å². The zero-order valence-corrected chi connectivity index (χ0v) is 10.7. The van der Waals surface area contributed by atoms with Crippen LogP contribution < -0.4 is 5.73 Å². The molecule has 0 aliphatic heterocycles. The summed E-state index contributed by atoms with van der Waals surface area (Å²) in [6.07, 6.45) is 4.12. The molecule has 0 aromatic carbocycles. The maximum Gasteiger partial charge on any atom is 0.0485 e. The number of aromatic nitrogens is 1. The molecule has 0 amide bonds. The molecule has 0 radical (unpaired) electrons. The first-order valence-electron chi connectivity index (χ1n) is 5.99. The Hall–Kier alpha value is -1.19. The van der Waals surface area contributed by atoms with E-state index >= 15 is 0 Å². The third kappa shape index (κ3) is 1.79. The van der Waals surface area contributed by atoms with E-state index in [9.17, 15) is 0 Å². The van der Waals surface area contributed by atoms with E-state index in [-0.39, 0.29) is 6.04 Å². The molecule has 0 spiro atoms. The third-order valence-corrected chi connectivity index (χ3v) is 4.57. The van der Waals surface area contributed by atoms with Gasteiger partial charge in [-0.25, -0.2) is 0 Å². The molecule has 2 aromatic heterocycles. The summed E-state index contributed by atoms with van der Waals surface area (Å²) in [4.78, 5) is 4.52. The summed E-state index contributed by atoms with van der Waals surface area (Å²) in [7, 11) is 0. The standard InChI is InChI=1S/C14H16N2S/c1-9-7-17-8-12(9)13(15)11-5-4-10-3-2-6-16-14(10)11/h2-3,6-8,11,13H,4-5,15H2,1H3. The second kappa shape index (κ2) is 4.24. The minimum atomic E-state index is 0.0948. The van der Waals surface area contributed by atoms with Gasteiger partial charge in [0.05, 0.1) is 0 Å². The van der Waals surface area contributed by atoms with Crippen LogP contribution in [0.1, 0.15) is 40.8 Å². The topological polar surface area (TPSA) is 38.9 Å². The minimum absolute atomic E-state index is 0.0948. The summed E-state index contributed by atoms with van der Waals surface area (Å²) in [5.74, 6) is 0.388. The fourth-order valence-corrected chi connectivity index (χ4v) is 3.62. The highest BCUT2D eigenvalue weighted by molar-refractivity contribution is 7.08. The Labute approximate surface area is 106 Å². The van der Waals surface area contributed by atoms with Gasteiger partial charge in [0.1, 0.15) is 0 Å². The van der Waals surface area contributed by atoms with E-state index in [0.717, 1.165) is 12.8 Å². The van der Waals surface area contributed by atoms with Gasteiger partial charge in [-0.05, 0) is 53.3 Å². The highest BCUT2D eigenvalue weighted by Gasteiger charge is 2.30. The van der Waals surface area contributed by atoms with Gasteiger partial charge in [0.25, 0.3) is 0 Å². The number of aryl methyl sites for hydroxylation is 2. The van der Waals surface area contributed by atoms with Crippen molar-refractivity contribution < 1.29 is 0 Å². The Morgan fingerprint density at radius 1 is 1.47 bits per heavy atom. The number of hydrogen-bond acceptors (Lipinski definition) is 3. The van der Waals surface area contributed by atoms with Gasteiger partial charge in [-0.3, -0.25) is 4.98 Å². The molecule has 88 valence electrons. The molecule has 0 fully saturated rings. The highest BCUT2D eigenvalue weighted by Crippen LogP contribution is 2.40. The molecule has 2 N–H and O–H groups in total. The lowest BCUT2D eigenvalue weighted by atomic mass is 9.91. The molecular formula is C14H16N2S. The normalized spacial score (nSPS) is 20.2. The van der Waals surface area contributed by atoms with Gasteiger partial charge in [-0.1, -0.05) is 6.07 Å². The van der Waals surface area contributed by atoms with E-state index in [4.69, 9.17) is 5.73 Å². The van der Waals surface area contributed by atoms with Gasteiger partial charge in [-0.2, -0.15) is 11.3 Å². The second-order valence-corrected chi connectivity index (χ2v) is 5.47. The van der Waals surface area contributed by atoms with Crippen molar-refractivity contribution in [3.05, 3.63) is 51.5 Å². The molecule has 3 rings (SSSR count). The number of nitrogens with two attached hydrogens (primary N) is 1. The van der Waals surface area contributed by atoms with Crippen LogP contribution in [0.3, 0.4) is 0 Å². The molecule has 2 nitrogen and oxygen atoms in total. The van der Waals surface area contributed by atoms with Crippen LogP contribution in [0.4, 0.5) is 0 Å². The lowest BCUT2D eigenvalue weighted by Gasteiger charge is -2.19. The summed E-state index contributed by atoms with van der Waals surface area (Å²) in [5.41, 5.74) is 11.6. The predicted octanol–water partition coefficient (Wildman–Crippen LogP) is 3.18. The van der Waals surface area contributed by atoms with Crippen LogP contribution in [0.25, 0.3) is 0 Å². The van der Waals surface area contributed by atoms with E-state index in [1.54, 1.807) is 11.3 Å². The molecule has 0 bridgehead atoms. The number of thiophene rings is 1. The molecule has 2 aromatic rings. The van der Waals surface area contributed by atoms with Crippen LogP contribution in [0, 0.1) is 6.92 Å². The zero-order valence-electron chi connectivity index (χ0n) is 9.89. The van der Waals surface area contributed by atoms with E-state index in [1.165, 1.54) is 22.4 Å². The van der Waals surface area contributed by atoms with Gasteiger partial charge in [0, 0.05) is 23.9 Å². The number of pyridine rings is 1. The summed E-state index contributed by atoms with van der Waals surface area (Å²) in [6, 6.07) is 4.29. The number of nitrogens with zero attached hydrogens (tertiary/aromatic N) is 1. The van der Waals surface area contributed by atoms with Crippen molar-refractivity contribution in [1.29, 1.82) is 0 Å². The van der Waals surface area contributed by atoms with Gasteiger partial charge < -0.3 is 5.73 Å². The van der Waals surface area contributed by atoms with Crippen molar-refractivity contribution in [2.24, 2.45) is 5.73 Å². The average Bonchev–Trinajstić information content (AvgIpc) is 2.94. The van der Waals surface area contributed by atoms with Crippen molar-refractivity contribution in [3.63, 3.8) is 0 Å². The minimum Gasteiger partial charge on any atom is -0.323 e. The maximum atomic E-state index is 6.43. The molecule has 17 heavy (non-hydrogen) atoms. The lowest BCUT2D eigenvalue weighted by molar-refractivity contribution is 0.540. The summed E-state index contributed by atoms with van der Waals surface area (Å²) in [5, 5.41) is 4.35.